The molecule has 5 nitrogen and oxygen atoms in total. The average molecular weight is 347 g/mol. The molecular formula is C15H15BrN4O. The molecule has 0 aromatic heterocycles. The second-order valence-corrected chi connectivity index (χ2v) is 5.14. The van der Waals surface area contributed by atoms with Crippen LogP contribution in [0.4, 0.5) is 0 Å². The van der Waals surface area contributed by atoms with Crippen molar-refractivity contribution in [3.8, 4) is 5.75 Å². The van der Waals surface area contributed by atoms with Crippen molar-refractivity contribution in [1.82, 2.24) is 0 Å². The summed E-state index contributed by atoms with van der Waals surface area (Å²) in [6.45, 7) is 0.478. The first-order valence-electron chi connectivity index (χ1n) is 6.23. The summed E-state index contributed by atoms with van der Waals surface area (Å²) in [5.41, 5.74) is 12.3. The Morgan fingerprint density at radius 2 is 1.90 bits per heavy atom. The van der Waals surface area contributed by atoms with E-state index in [0.29, 0.717) is 12.4 Å². The van der Waals surface area contributed by atoms with Crippen LogP contribution in [0.1, 0.15) is 11.1 Å². The fourth-order valence-corrected chi connectivity index (χ4v) is 2.02. The fraction of sp³-hybridized carbons (Fsp3) is 0.0667. The monoisotopic (exact) mass is 346 g/mol. The summed E-state index contributed by atoms with van der Waals surface area (Å²) in [5.74, 6) is 0.615. The van der Waals surface area contributed by atoms with Gasteiger partial charge >= 0.3 is 0 Å². The van der Waals surface area contributed by atoms with Crippen molar-refractivity contribution in [3.63, 3.8) is 0 Å². The Bertz CT molecular complexity index is 652. The molecule has 21 heavy (non-hydrogen) atoms. The van der Waals surface area contributed by atoms with E-state index in [1.54, 1.807) is 6.21 Å². The number of nitrogens with zero attached hydrogens (tertiary/aromatic N) is 2. The van der Waals surface area contributed by atoms with Gasteiger partial charge in [0.25, 0.3) is 0 Å². The molecule has 0 aliphatic rings. The fourth-order valence-electron chi connectivity index (χ4n) is 1.64. The first-order chi connectivity index (χ1) is 10.1. The smallest absolute Gasteiger partial charge is 0.211 e. The summed E-state index contributed by atoms with van der Waals surface area (Å²) in [6.07, 6.45) is 1.55. The van der Waals surface area contributed by atoms with Crippen molar-refractivity contribution in [2.24, 2.45) is 21.7 Å². The third-order valence-corrected chi connectivity index (χ3v) is 3.07. The Balaban J connectivity index is 2.15. The molecule has 2 aromatic carbocycles. The molecule has 0 fully saturated rings. The highest BCUT2D eigenvalue weighted by molar-refractivity contribution is 9.10. The number of guanidine groups is 1. The zero-order chi connectivity index (χ0) is 15.1. The average Bonchev–Trinajstić information content (AvgIpc) is 2.47. The molecule has 0 spiro atoms. The van der Waals surface area contributed by atoms with Gasteiger partial charge in [0.05, 0.1) is 6.21 Å². The van der Waals surface area contributed by atoms with Gasteiger partial charge in [-0.25, -0.2) is 0 Å². The maximum atomic E-state index is 5.81. The maximum absolute atomic E-state index is 5.81. The highest BCUT2D eigenvalue weighted by Gasteiger charge is 2.03. The molecule has 2 aromatic rings. The van der Waals surface area contributed by atoms with Gasteiger partial charge < -0.3 is 16.2 Å². The second kappa shape index (κ2) is 7.44. The summed E-state index contributed by atoms with van der Waals surface area (Å²) in [7, 11) is 0. The predicted octanol–water partition coefficient (Wildman–Crippen LogP) is 2.64. The van der Waals surface area contributed by atoms with Gasteiger partial charge in [-0.2, -0.15) is 5.10 Å². The van der Waals surface area contributed by atoms with Gasteiger partial charge in [0.15, 0.2) is 0 Å². The van der Waals surface area contributed by atoms with Crippen molar-refractivity contribution in [1.29, 1.82) is 0 Å². The molecule has 0 saturated carbocycles. The second-order valence-electron chi connectivity index (χ2n) is 4.23. The summed E-state index contributed by atoms with van der Waals surface area (Å²) in [5, 5.41) is 7.39. The normalized spacial score (nSPS) is 10.5. The van der Waals surface area contributed by atoms with E-state index in [1.165, 1.54) is 0 Å². The third kappa shape index (κ3) is 4.92. The zero-order valence-corrected chi connectivity index (χ0v) is 12.8. The van der Waals surface area contributed by atoms with Crippen molar-refractivity contribution in [2.45, 2.75) is 6.61 Å². The Labute approximate surface area is 131 Å². The minimum Gasteiger partial charge on any atom is -0.488 e. The van der Waals surface area contributed by atoms with Crippen LogP contribution in [0.15, 0.2) is 63.2 Å². The van der Waals surface area contributed by atoms with Crippen LogP contribution in [0.3, 0.4) is 0 Å². The van der Waals surface area contributed by atoms with Gasteiger partial charge in [-0.05, 0) is 23.8 Å². The van der Waals surface area contributed by atoms with Crippen LogP contribution in [0.2, 0.25) is 0 Å². The van der Waals surface area contributed by atoms with Gasteiger partial charge in [-0.3, -0.25) is 0 Å². The Kier molecular flexibility index (Phi) is 5.34. The van der Waals surface area contributed by atoms with Gasteiger partial charge in [0.1, 0.15) is 12.4 Å². The van der Waals surface area contributed by atoms with Gasteiger partial charge in [0, 0.05) is 10.0 Å². The van der Waals surface area contributed by atoms with Gasteiger partial charge in [-0.1, -0.05) is 46.3 Å². The molecule has 0 atom stereocenters. The molecule has 0 aliphatic carbocycles. The zero-order valence-electron chi connectivity index (χ0n) is 11.2. The summed E-state index contributed by atoms with van der Waals surface area (Å²) in [4.78, 5) is 0. The Morgan fingerprint density at radius 1 is 1.14 bits per heavy atom. The van der Waals surface area contributed by atoms with Crippen molar-refractivity contribution in [2.75, 3.05) is 0 Å². The van der Waals surface area contributed by atoms with E-state index in [9.17, 15) is 0 Å². The number of rotatable bonds is 5. The molecule has 0 unspecified atom stereocenters. The lowest BCUT2D eigenvalue weighted by Crippen LogP contribution is -2.21. The lowest BCUT2D eigenvalue weighted by molar-refractivity contribution is 0.306. The summed E-state index contributed by atoms with van der Waals surface area (Å²) < 4.78 is 6.73. The van der Waals surface area contributed by atoms with E-state index in [-0.39, 0.29) is 5.96 Å². The molecule has 0 aliphatic heterocycles. The van der Waals surface area contributed by atoms with Crippen LogP contribution in [0, 0.1) is 0 Å². The lowest BCUT2D eigenvalue weighted by atomic mass is 10.2. The number of halogens is 1. The minimum atomic E-state index is -0.0898. The number of hydrogen-bond donors (Lipinski definition) is 2. The first kappa shape index (κ1) is 15.1. The van der Waals surface area contributed by atoms with Crippen molar-refractivity contribution in [3.05, 3.63) is 64.1 Å². The van der Waals surface area contributed by atoms with E-state index in [4.69, 9.17) is 16.2 Å². The van der Waals surface area contributed by atoms with E-state index in [1.807, 2.05) is 48.5 Å². The quantitative estimate of drug-likeness (QED) is 0.495. The van der Waals surface area contributed by atoms with Crippen LogP contribution in [0.25, 0.3) is 0 Å². The number of hydrogen-bond acceptors (Lipinski definition) is 3. The molecule has 108 valence electrons. The maximum Gasteiger partial charge on any atom is 0.211 e. The first-order valence-corrected chi connectivity index (χ1v) is 7.02. The molecule has 6 heteroatoms. The summed E-state index contributed by atoms with van der Waals surface area (Å²) in [6, 6.07) is 15.6. The van der Waals surface area contributed by atoms with Gasteiger partial charge in [0.2, 0.25) is 5.96 Å². The highest BCUT2D eigenvalue weighted by Crippen LogP contribution is 2.22. The van der Waals surface area contributed by atoms with Crippen LogP contribution in [-0.2, 0) is 6.61 Å². The molecule has 0 heterocycles. The Morgan fingerprint density at radius 3 is 2.62 bits per heavy atom. The molecule has 0 bridgehead atoms. The number of ether oxygens (including phenoxy) is 1. The lowest BCUT2D eigenvalue weighted by Gasteiger charge is -2.09. The molecular weight excluding hydrogens is 332 g/mol. The Hall–Kier alpha value is -2.34. The largest absolute Gasteiger partial charge is 0.488 e. The predicted molar refractivity (Wildman–Crippen MR) is 88.3 cm³/mol. The van der Waals surface area contributed by atoms with E-state index >= 15 is 0 Å². The minimum absolute atomic E-state index is 0.0898. The molecule has 4 N–H and O–H groups in total. The highest BCUT2D eigenvalue weighted by atomic mass is 79.9. The van der Waals surface area contributed by atoms with Crippen molar-refractivity contribution >= 4 is 28.1 Å². The third-order valence-electron chi connectivity index (χ3n) is 2.58. The number of benzene rings is 2. The number of nitrogens with two attached hydrogens (primary N) is 2. The molecule has 2 rings (SSSR count). The van der Waals surface area contributed by atoms with E-state index < -0.39 is 0 Å². The SMILES string of the molecule is NC(N)=N/N=C/c1cc(Br)ccc1OCc1ccccc1. The van der Waals surface area contributed by atoms with Crippen LogP contribution in [-0.4, -0.2) is 12.2 Å². The van der Waals surface area contributed by atoms with E-state index in [2.05, 4.69) is 26.1 Å². The standard InChI is InChI=1S/C15H15BrN4O/c16-13-6-7-14(12(8-13)9-19-20-15(17)18)21-10-11-4-2-1-3-5-11/h1-9H,10H2,(H4,17,18,20)/b19-9+. The van der Waals surface area contributed by atoms with Crippen molar-refractivity contribution < 1.29 is 4.74 Å². The molecule has 0 saturated heterocycles. The topological polar surface area (TPSA) is 86.0 Å². The summed E-state index contributed by atoms with van der Waals surface area (Å²) >= 11 is 3.41. The van der Waals surface area contributed by atoms with Crippen LogP contribution >= 0.6 is 15.9 Å². The molecule has 0 amide bonds. The molecule has 0 radical (unpaired) electrons. The van der Waals surface area contributed by atoms with Crippen LogP contribution < -0.4 is 16.2 Å². The van der Waals surface area contributed by atoms with E-state index in [0.717, 1.165) is 15.6 Å². The van der Waals surface area contributed by atoms with Gasteiger partial charge in [-0.15, -0.1) is 5.10 Å². The van der Waals surface area contributed by atoms with Crippen LogP contribution in [0.5, 0.6) is 5.75 Å².